The Labute approximate surface area is 124 Å². The molecule has 3 rings (SSSR count). The lowest BCUT2D eigenvalue weighted by molar-refractivity contribution is 0.296. The molecule has 1 heterocycles. The van der Waals surface area contributed by atoms with Crippen molar-refractivity contribution in [1.82, 2.24) is 4.57 Å². The second kappa shape index (κ2) is 5.52. The number of aromatic nitrogens is 1. The van der Waals surface area contributed by atoms with E-state index in [1.807, 2.05) is 42.5 Å². The third-order valence-electron chi connectivity index (χ3n) is 3.73. The number of aryl methyl sites for hydroxylation is 2. The van der Waals surface area contributed by atoms with Crippen molar-refractivity contribution in [1.29, 1.82) is 0 Å². The van der Waals surface area contributed by atoms with Crippen molar-refractivity contribution in [2.24, 2.45) is 0 Å². The van der Waals surface area contributed by atoms with E-state index >= 15 is 0 Å². The smallest absolute Gasteiger partial charge is 0.128 e. The average molecular weight is 281 g/mol. The molecular weight excluding hydrogens is 262 g/mol. The molecule has 3 heteroatoms. The first kappa shape index (κ1) is 13.6. The summed E-state index contributed by atoms with van der Waals surface area (Å²) in [6, 6.07) is 15.6. The largest absolute Gasteiger partial charge is 0.507 e. The molecule has 0 bridgehead atoms. The lowest BCUT2D eigenvalue weighted by Gasteiger charge is -2.10. The Hall–Kier alpha value is -2.42. The average Bonchev–Trinajstić information content (AvgIpc) is 2.86. The van der Waals surface area contributed by atoms with E-state index < -0.39 is 0 Å². The fraction of sp³-hybridized carbons (Fsp3) is 0.222. The molecule has 108 valence electrons. The molecule has 0 spiro atoms. The van der Waals surface area contributed by atoms with Crippen molar-refractivity contribution in [2.45, 2.75) is 27.0 Å². The molecule has 3 aromatic rings. The molecule has 0 aliphatic heterocycles. The fourth-order valence-corrected chi connectivity index (χ4v) is 2.61. The van der Waals surface area contributed by atoms with E-state index in [4.69, 9.17) is 4.74 Å². The van der Waals surface area contributed by atoms with E-state index in [2.05, 4.69) is 18.4 Å². The predicted molar refractivity (Wildman–Crippen MR) is 84.8 cm³/mol. The summed E-state index contributed by atoms with van der Waals surface area (Å²) in [4.78, 5) is 0. The maximum Gasteiger partial charge on any atom is 0.128 e. The standard InChI is InChI=1S/C18H19NO2/c1-3-19-14(11-16-17(19)5-4-6-18(16)20)12-21-15-9-7-13(2)8-10-15/h4-11,20H,3,12H2,1-2H3. The van der Waals surface area contributed by atoms with Gasteiger partial charge in [-0.2, -0.15) is 0 Å². The van der Waals surface area contributed by atoms with Crippen molar-refractivity contribution in [3.05, 3.63) is 59.8 Å². The number of hydrogen-bond donors (Lipinski definition) is 1. The van der Waals surface area contributed by atoms with Gasteiger partial charge >= 0.3 is 0 Å². The van der Waals surface area contributed by atoms with Crippen molar-refractivity contribution in [3.63, 3.8) is 0 Å². The zero-order valence-corrected chi connectivity index (χ0v) is 12.3. The molecule has 1 aromatic heterocycles. The molecule has 2 aromatic carbocycles. The summed E-state index contributed by atoms with van der Waals surface area (Å²) in [6.45, 7) is 5.49. The van der Waals surface area contributed by atoms with Gasteiger partial charge in [0, 0.05) is 11.9 Å². The first-order valence-corrected chi connectivity index (χ1v) is 7.18. The highest BCUT2D eigenvalue weighted by atomic mass is 16.5. The summed E-state index contributed by atoms with van der Waals surface area (Å²) in [5.41, 5.74) is 3.32. The van der Waals surface area contributed by atoms with Crippen LogP contribution in [0, 0.1) is 6.92 Å². The number of phenolic OH excluding ortho intramolecular Hbond substituents is 1. The molecule has 0 atom stereocenters. The number of hydrogen-bond acceptors (Lipinski definition) is 2. The lowest BCUT2D eigenvalue weighted by Crippen LogP contribution is -2.04. The van der Waals surface area contributed by atoms with Crippen LogP contribution < -0.4 is 4.74 Å². The molecule has 0 radical (unpaired) electrons. The molecule has 1 N–H and O–H groups in total. The maximum absolute atomic E-state index is 9.97. The highest BCUT2D eigenvalue weighted by Crippen LogP contribution is 2.28. The van der Waals surface area contributed by atoms with Crippen LogP contribution in [0.3, 0.4) is 0 Å². The van der Waals surface area contributed by atoms with Gasteiger partial charge in [-0.25, -0.2) is 0 Å². The highest BCUT2D eigenvalue weighted by molar-refractivity contribution is 5.87. The van der Waals surface area contributed by atoms with Crippen LogP contribution >= 0.6 is 0 Å². The molecule has 3 nitrogen and oxygen atoms in total. The van der Waals surface area contributed by atoms with Crippen LogP contribution in [-0.2, 0) is 13.2 Å². The minimum atomic E-state index is 0.316. The number of ether oxygens (including phenoxy) is 1. The monoisotopic (exact) mass is 281 g/mol. The molecule has 0 unspecified atom stereocenters. The zero-order valence-electron chi connectivity index (χ0n) is 12.3. The quantitative estimate of drug-likeness (QED) is 0.775. The van der Waals surface area contributed by atoms with Crippen LogP contribution in [0.5, 0.6) is 11.5 Å². The number of nitrogens with zero attached hydrogens (tertiary/aromatic N) is 1. The highest BCUT2D eigenvalue weighted by Gasteiger charge is 2.10. The zero-order chi connectivity index (χ0) is 14.8. The van der Waals surface area contributed by atoms with E-state index in [-0.39, 0.29) is 0 Å². The van der Waals surface area contributed by atoms with Gasteiger partial charge < -0.3 is 14.4 Å². The Morgan fingerprint density at radius 1 is 1.10 bits per heavy atom. The number of fused-ring (bicyclic) bond motifs is 1. The Bertz CT molecular complexity index is 757. The normalized spacial score (nSPS) is 11.0. The molecule has 0 amide bonds. The topological polar surface area (TPSA) is 34.4 Å². The van der Waals surface area contributed by atoms with Gasteiger partial charge in [-0.3, -0.25) is 0 Å². The first-order valence-electron chi connectivity index (χ1n) is 7.18. The van der Waals surface area contributed by atoms with Gasteiger partial charge in [0.05, 0.1) is 11.2 Å². The van der Waals surface area contributed by atoms with Crippen molar-refractivity contribution in [3.8, 4) is 11.5 Å². The molecule has 0 fully saturated rings. The Morgan fingerprint density at radius 2 is 1.86 bits per heavy atom. The Balaban J connectivity index is 1.89. The van der Waals surface area contributed by atoms with Crippen LogP contribution in [0.4, 0.5) is 0 Å². The van der Waals surface area contributed by atoms with Gasteiger partial charge in [0.15, 0.2) is 0 Å². The minimum Gasteiger partial charge on any atom is -0.507 e. The summed E-state index contributed by atoms with van der Waals surface area (Å²) in [6.07, 6.45) is 0. The van der Waals surface area contributed by atoms with Gasteiger partial charge in [-0.15, -0.1) is 0 Å². The third-order valence-corrected chi connectivity index (χ3v) is 3.73. The number of phenols is 1. The van der Waals surface area contributed by atoms with Crippen molar-refractivity contribution in [2.75, 3.05) is 0 Å². The van der Waals surface area contributed by atoms with Crippen LogP contribution in [0.2, 0.25) is 0 Å². The van der Waals surface area contributed by atoms with Crippen molar-refractivity contribution < 1.29 is 9.84 Å². The molecule has 21 heavy (non-hydrogen) atoms. The van der Waals surface area contributed by atoms with Crippen LogP contribution in [0.1, 0.15) is 18.2 Å². The molecule has 0 saturated carbocycles. The molecule has 0 saturated heterocycles. The lowest BCUT2D eigenvalue weighted by atomic mass is 10.2. The number of aromatic hydroxyl groups is 1. The summed E-state index contributed by atoms with van der Waals surface area (Å²) < 4.78 is 8.03. The second-order valence-corrected chi connectivity index (χ2v) is 5.19. The van der Waals surface area contributed by atoms with Gasteiger partial charge in [0.25, 0.3) is 0 Å². The fourth-order valence-electron chi connectivity index (χ4n) is 2.61. The van der Waals surface area contributed by atoms with Crippen LogP contribution in [0.15, 0.2) is 48.5 Å². The van der Waals surface area contributed by atoms with Gasteiger partial charge in [-0.05, 0) is 44.2 Å². The summed E-state index contributed by atoms with van der Waals surface area (Å²) in [5.74, 6) is 1.18. The third kappa shape index (κ3) is 2.59. The summed E-state index contributed by atoms with van der Waals surface area (Å²) in [5, 5.41) is 10.8. The summed E-state index contributed by atoms with van der Waals surface area (Å²) in [7, 11) is 0. The van der Waals surface area contributed by atoms with Crippen molar-refractivity contribution >= 4 is 10.9 Å². The predicted octanol–water partition coefficient (Wildman–Crippen LogP) is 4.25. The Morgan fingerprint density at radius 3 is 2.57 bits per heavy atom. The molecule has 0 aliphatic carbocycles. The van der Waals surface area contributed by atoms with E-state index in [9.17, 15) is 5.11 Å². The summed E-state index contributed by atoms with van der Waals surface area (Å²) >= 11 is 0. The second-order valence-electron chi connectivity index (χ2n) is 5.19. The molecule has 0 aliphatic rings. The Kier molecular flexibility index (Phi) is 3.57. The van der Waals surface area contributed by atoms with Gasteiger partial charge in [0.2, 0.25) is 0 Å². The van der Waals surface area contributed by atoms with Gasteiger partial charge in [0.1, 0.15) is 18.1 Å². The molecular formula is C18H19NO2. The van der Waals surface area contributed by atoms with E-state index in [1.165, 1.54) is 5.56 Å². The maximum atomic E-state index is 9.97. The number of benzene rings is 2. The van der Waals surface area contributed by atoms with Crippen LogP contribution in [-0.4, -0.2) is 9.67 Å². The van der Waals surface area contributed by atoms with E-state index in [0.717, 1.165) is 28.9 Å². The minimum absolute atomic E-state index is 0.316. The van der Waals surface area contributed by atoms with E-state index in [0.29, 0.717) is 12.4 Å². The van der Waals surface area contributed by atoms with E-state index in [1.54, 1.807) is 6.07 Å². The first-order chi connectivity index (χ1) is 10.2. The van der Waals surface area contributed by atoms with Crippen LogP contribution in [0.25, 0.3) is 10.9 Å². The SMILES string of the molecule is CCn1c(COc2ccc(C)cc2)cc2c(O)cccc21. The van der Waals surface area contributed by atoms with Gasteiger partial charge in [-0.1, -0.05) is 23.8 Å². The number of rotatable bonds is 4.